The van der Waals surface area contributed by atoms with Gasteiger partial charge in [-0.1, -0.05) is 6.92 Å². The first-order valence-corrected chi connectivity index (χ1v) is 6.75. The lowest BCUT2D eigenvalue weighted by Gasteiger charge is -2.25. The van der Waals surface area contributed by atoms with Crippen molar-refractivity contribution in [3.05, 3.63) is 29.1 Å². The summed E-state index contributed by atoms with van der Waals surface area (Å²) < 4.78 is 45.8. The molecule has 0 saturated carbocycles. The Hall–Kier alpha value is -2.25. The summed E-state index contributed by atoms with van der Waals surface area (Å²) >= 11 is 0. The first-order valence-electron chi connectivity index (χ1n) is 6.75. The number of carboxylic acids is 1. The van der Waals surface area contributed by atoms with Crippen molar-refractivity contribution in [1.82, 2.24) is 0 Å². The van der Waals surface area contributed by atoms with Gasteiger partial charge in [0.25, 0.3) is 0 Å². The SMILES string of the molecule is CC(C(=O)OC(C)(C)C)C(C(=O)O)c1cc(F)c(F)c(N)c1F. The molecule has 23 heavy (non-hydrogen) atoms. The third-order valence-electron chi connectivity index (χ3n) is 3.10. The molecule has 3 N–H and O–H groups in total. The number of nitrogen functional groups attached to an aromatic ring is 1. The van der Waals surface area contributed by atoms with Crippen LogP contribution >= 0.6 is 0 Å². The smallest absolute Gasteiger partial charge is 0.311 e. The van der Waals surface area contributed by atoms with Gasteiger partial charge in [-0.25, -0.2) is 13.2 Å². The number of hydrogen-bond acceptors (Lipinski definition) is 4. The summed E-state index contributed by atoms with van der Waals surface area (Å²) in [6.45, 7) is 5.92. The van der Waals surface area contributed by atoms with Crippen molar-refractivity contribution in [2.75, 3.05) is 5.73 Å². The van der Waals surface area contributed by atoms with Gasteiger partial charge < -0.3 is 15.6 Å². The molecule has 0 aliphatic heterocycles. The van der Waals surface area contributed by atoms with Crippen molar-refractivity contribution in [2.45, 2.75) is 39.2 Å². The van der Waals surface area contributed by atoms with Crippen molar-refractivity contribution in [3.63, 3.8) is 0 Å². The van der Waals surface area contributed by atoms with Crippen LogP contribution in [0.1, 0.15) is 39.2 Å². The largest absolute Gasteiger partial charge is 0.481 e. The van der Waals surface area contributed by atoms with E-state index in [9.17, 15) is 27.9 Å². The zero-order valence-electron chi connectivity index (χ0n) is 13.1. The normalized spacial score (nSPS) is 14.2. The van der Waals surface area contributed by atoms with E-state index in [1.165, 1.54) is 6.92 Å². The number of carbonyl (C=O) groups excluding carboxylic acids is 1. The molecule has 0 fully saturated rings. The van der Waals surface area contributed by atoms with Gasteiger partial charge in [-0.05, 0) is 26.8 Å². The van der Waals surface area contributed by atoms with Crippen molar-refractivity contribution in [1.29, 1.82) is 0 Å². The predicted octanol–water partition coefficient (Wildman–Crippen LogP) is 2.83. The maximum absolute atomic E-state index is 14.1. The second kappa shape index (κ2) is 6.47. The van der Waals surface area contributed by atoms with Gasteiger partial charge in [0.1, 0.15) is 11.3 Å². The maximum atomic E-state index is 14.1. The summed E-state index contributed by atoms with van der Waals surface area (Å²) in [6, 6.07) is 0.390. The van der Waals surface area contributed by atoms with Crippen LogP contribution in [0.3, 0.4) is 0 Å². The van der Waals surface area contributed by atoms with Gasteiger partial charge in [0.2, 0.25) is 0 Å². The van der Waals surface area contributed by atoms with Crippen LogP contribution in [-0.4, -0.2) is 22.6 Å². The molecule has 0 spiro atoms. The van der Waals surface area contributed by atoms with Crippen LogP contribution in [0, 0.1) is 23.4 Å². The monoisotopic (exact) mass is 333 g/mol. The second-order valence-electron chi connectivity index (χ2n) is 6.13. The number of halogens is 3. The molecule has 0 aliphatic carbocycles. The van der Waals surface area contributed by atoms with Gasteiger partial charge in [0.05, 0.1) is 11.8 Å². The first-order chi connectivity index (χ1) is 10.4. The summed E-state index contributed by atoms with van der Waals surface area (Å²) in [5, 5.41) is 9.29. The van der Waals surface area contributed by atoms with Crippen LogP contribution < -0.4 is 5.73 Å². The standard InChI is InChI=1S/C15H18F3NO4/c1-6(14(22)23-15(2,3)4)9(13(20)21)7-5-8(16)11(18)12(19)10(7)17/h5-6,9H,19H2,1-4H3,(H,20,21). The first kappa shape index (κ1) is 18.8. The number of esters is 1. The van der Waals surface area contributed by atoms with Crippen LogP contribution in [0.5, 0.6) is 0 Å². The van der Waals surface area contributed by atoms with E-state index in [2.05, 4.69) is 0 Å². The second-order valence-corrected chi connectivity index (χ2v) is 6.13. The molecule has 128 valence electrons. The molecule has 2 unspecified atom stereocenters. The number of hydrogen-bond donors (Lipinski definition) is 2. The number of nitrogens with two attached hydrogens (primary N) is 1. The molecule has 0 amide bonds. The van der Waals surface area contributed by atoms with E-state index in [4.69, 9.17) is 10.5 Å². The van der Waals surface area contributed by atoms with Gasteiger partial charge in [0, 0.05) is 5.56 Å². The van der Waals surface area contributed by atoms with E-state index in [1.54, 1.807) is 20.8 Å². The molecular weight excluding hydrogens is 315 g/mol. The van der Waals surface area contributed by atoms with Crippen molar-refractivity contribution in [2.24, 2.45) is 5.92 Å². The third kappa shape index (κ3) is 4.14. The highest BCUT2D eigenvalue weighted by molar-refractivity contribution is 5.85. The van der Waals surface area contributed by atoms with Crippen molar-refractivity contribution < 1.29 is 32.6 Å². The number of rotatable bonds is 4. The van der Waals surface area contributed by atoms with E-state index in [-0.39, 0.29) is 0 Å². The quantitative estimate of drug-likeness (QED) is 0.502. The molecule has 0 heterocycles. The average molecular weight is 333 g/mol. The van der Waals surface area contributed by atoms with Gasteiger partial charge in [-0.3, -0.25) is 9.59 Å². The molecular formula is C15H18F3NO4. The van der Waals surface area contributed by atoms with E-state index in [0.717, 1.165) is 0 Å². The van der Waals surface area contributed by atoms with Crippen molar-refractivity contribution >= 4 is 17.6 Å². The van der Waals surface area contributed by atoms with E-state index in [1.807, 2.05) is 0 Å². The minimum absolute atomic E-state index is 0.390. The Bertz CT molecular complexity index is 641. The lowest BCUT2D eigenvalue weighted by Crippen LogP contribution is -2.33. The molecule has 5 nitrogen and oxygen atoms in total. The minimum Gasteiger partial charge on any atom is -0.481 e. The maximum Gasteiger partial charge on any atom is 0.311 e. The fourth-order valence-electron chi connectivity index (χ4n) is 2.02. The number of carboxylic acid groups (broad SMARTS) is 1. The highest BCUT2D eigenvalue weighted by Gasteiger charge is 2.37. The lowest BCUT2D eigenvalue weighted by molar-refractivity contribution is -0.163. The molecule has 0 bridgehead atoms. The molecule has 1 aromatic rings. The summed E-state index contributed by atoms with van der Waals surface area (Å²) in [6.07, 6.45) is 0. The van der Waals surface area contributed by atoms with E-state index in [0.29, 0.717) is 6.07 Å². The lowest BCUT2D eigenvalue weighted by atomic mass is 9.86. The van der Waals surface area contributed by atoms with Crippen LogP contribution in [0.4, 0.5) is 18.9 Å². The molecule has 1 rings (SSSR count). The van der Waals surface area contributed by atoms with Gasteiger partial charge >= 0.3 is 11.9 Å². The molecule has 2 atom stereocenters. The Morgan fingerprint density at radius 1 is 1.22 bits per heavy atom. The summed E-state index contributed by atoms with van der Waals surface area (Å²) in [4.78, 5) is 23.5. The molecule has 0 aliphatic rings. The highest BCUT2D eigenvalue weighted by atomic mass is 19.2. The average Bonchev–Trinajstić information content (AvgIpc) is 2.39. The summed E-state index contributed by atoms with van der Waals surface area (Å²) in [5.74, 6) is -10.1. The molecule has 0 saturated heterocycles. The zero-order valence-corrected chi connectivity index (χ0v) is 13.1. The van der Waals surface area contributed by atoms with E-state index >= 15 is 0 Å². The van der Waals surface area contributed by atoms with Gasteiger partial charge in [0.15, 0.2) is 17.5 Å². The number of anilines is 1. The fourth-order valence-corrected chi connectivity index (χ4v) is 2.02. The fraction of sp³-hybridized carbons (Fsp3) is 0.467. The van der Waals surface area contributed by atoms with Gasteiger partial charge in [-0.2, -0.15) is 0 Å². The summed E-state index contributed by atoms with van der Waals surface area (Å²) in [5.41, 5.74) is 2.36. The van der Waals surface area contributed by atoms with Crippen LogP contribution in [-0.2, 0) is 14.3 Å². The Morgan fingerprint density at radius 3 is 2.17 bits per heavy atom. The van der Waals surface area contributed by atoms with Crippen molar-refractivity contribution in [3.8, 4) is 0 Å². The number of aliphatic carboxylic acids is 1. The molecule has 0 radical (unpaired) electrons. The topological polar surface area (TPSA) is 89.6 Å². The third-order valence-corrected chi connectivity index (χ3v) is 3.10. The van der Waals surface area contributed by atoms with Crippen LogP contribution in [0.25, 0.3) is 0 Å². The number of benzene rings is 1. The minimum atomic E-state index is -1.78. The van der Waals surface area contributed by atoms with Crippen LogP contribution in [0.2, 0.25) is 0 Å². The number of ether oxygens (including phenoxy) is 1. The Labute approximate surface area is 131 Å². The highest BCUT2D eigenvalue weighted by Crippen LogP contribution is 2.33. The Morgan fingerprint density at radius 2 is 1.74 bits per heavy atom. The molecule has 8 heteroatoms. The summed E-state index contributed by atoms with van der Waals surface area (Å²) in [7, 11) is 0. The predicted molar refractivity (Wildman–Crippen MR) is 76.1 cm³/mol. The van der Waals surface area contributed by atoms with Crippen LogP contribution in [0.15, 0.2) is 6.07 Å². The Kier molecular flexibility index (Phi) is 5.29. The van der Waals surface area contributed by atoms with Gasteiger partial charge in [-0.15, -0.1) is 0 Å². The van der Waals surface area contributed by atoms with E-state index < -0.39 is 58.1 Å². The Balaban J connectivity index is 3.34. The molecule has 1 aromatic carbocycles. The zero-order chi connectivity index (χ0) is 18.1. The number of carbonyl (C=O) groups is 2. The molecule has 0 aromatic heterocycles.